The highest BCUT2D eigenvalue weighted by atomic mass is 35.5. The Balaban J connectivity index is 2.40. The summed E-state index contributed by atoms with van der Waals surface area (Å²) in [6.45, 7) is 13.9. The van der Waals surface area contributed by atoms with Crippen molar-refractivity contribution in [1.82, 2.24) is 0 Å². The van der Waals surface area contributed by atoms with E-state index in [4.69, 9.17) is 30.2 Å². The predicted molar refractivity (Wildman–Crippen MR) is 128 cm³/mol. The van der Waals surface area contributed by atoms with Crippen LogP contribution in [0.5, 0.6) is 0 Å². The molecule has 2 bridgehead atoms. The number of ether oxygens (including phenoxy) is 3. The number of halogens is 1. The zero-order valence-corrected chi connectivity index (χ0v) is 22.4. The van der Waals surface area contributed by atoms with Crippen molar-refractivity contribution in [1.29, 1.82) is 0 Å². The van der Waals surface area contributed by atoms with Gasteiger partial charge in [-0.15, -0.1) is 0 Å². The van der Waals surface area contributed by atoms with Crippen molar-refractivity contribution >= 4 is 38.1 Å². The summed E-state index contributed by atoms with van der Waals surface area (Å²) in [4.78, 5) is 35.8. The van der Waals surface area contributed by atoms with E-state index in [1.54, 1.807) is 6.92 Å². The van der Waals surface area contributed by atoms with Gasteiger partial charge in [-0.05, 0) is 37.0 Å². The first-order chi connectivity index (χ1) is 15.2. The standard InChI is InChI=1S/C24H37ClO7Si/c1-15-9-8-10-18(25)20(32-33(6,7)24(3,4)5)11-17-12-21(22(14-26)30-17)31-23(28)13-19(15)29-16(2)27/h9-10,14,17,19-22H,8,11-13H2,1-7H3/b15-9-,18-10-/t17-,19-,20-,21-,22-/m1/s1. The Bertz CT molecular complexity index is 799. The van der Waals surface area contributed by atoms with Gasteiger partial charge in [0.15, 0.2) is 14.6 Å². The number of rotatable bonds is 4. The number of aldehydes is 1. The van der Waals surface area contributed by atoms with Gasteiger partial charge in [-0.1, -0.05) is 44.5 Å². The molecule has 0 aromatic rings. The summed E-state index contributed by atoms with van der Waals surface area (Å²) in [5, 5.41) is 0.549. The van der Waals surface area contributed by atoms with Gasteiger partial charge in [-0.2, -0.15) is 0 Å². The molecule has 7 nitrogen and oxygen atoms in total. The summed E-state index contributed by atoms with van der Waals surface area (Å²) in [5.41, 5.74) is 0.717. The van der Waals surface area contributed by atoms with Crippen LogP contribution in [-0.2, 0) is 33.0 Å². The molecular formula is C24H37ClO7Si. The first-order valence-electron chi connectivity index (χ1n) is 11.4. The molecule has 1 saturated heterocycles. The highest BCUT2D eigenvalue weighted by molar-refractivity contribution is 6.74. The Kier molecular flexibility index (Phi) is 9.50. The zero-order valence-electron chi connectivity index (χ0n) is 20.7. The molecule has 33 heavy (non-hydrogen) atoms. The van der Waals surface area contributed by atoms with Crippen molar-refractivity contribution in [3.05, 3.63) is 22.8 Å². The summed E-state index contributed by atoms with van der Waals surface area (Å²) in [6.07, 6.45) is 2.51. The van der Waals surface area contributed by atoms with E-state index in [1.807, 2.05) is 12.2 Å². The summed E-state index contributed by atoms with van der Waals surface area (Å²) >= 11 is 6.74. The number of fused-ring (bicyclic) bond motifs is 2. The van der Waals surface area contributed by atoms with E-state index in [1.165, 1.54) is 6.92 Å². The smallest absolute Gasteiger partial charge is 0.310 e. The third-order valence-electron chi connectivity index (χ3n) is 6.58. The van der Waals surface area contributed by atoms with E-state index < -0.39 is 44.7 Å². The molecule has 0 aromatic heterocycles. The lowest BCUT2D eigenvalue weighted by atomic mass is 10.0. The SMILES string of the molecule is CC(=O)O[C@@H]1CC(=O)O[C@@H]2C[C@@H](C[C@@H](O[Si](C)(C)C(C)(C)C)/C(Cl)=C/C/C=C\1C)O[C@@H]2C=O. The molecule has 0 unspecified atom stereocenters. The van der Waals surface area contributed by atoms with Crippen molar-refractivity contribution in [3.8, 4) is 0 Å². The molecule has 0 spiro atoms. The second-order valence-corrected chi connectivity index (χ2v) is 15.5. The lowest BCUT2D eigenvalue weighted by Crippen LogP contribution is -2.44. The van der Waals surface area contributed by atoms with Gasteiger partial charge in [0.1, 0.15) is 18.3 Å². The monoisotopic (exact) mass is 500 g/mol. The van der Waals surface area contributed by atoms with Crippen molar-refractivity contribution < 1.29 is 33.0 Å². The quantitative estimate of drug-likeness (QED) is 0.236. The van der Waals surface area contributed by atoms with Gasteiger partial charge in [0.2, 0.25) is 0 Å². The summed E-state index contributed by atoms with van der Waals surface area (Å²) in [6, 6.07) is 0. The van der Waals surface area contributed by atoms with E-state index in [9.17, 15) is 14.4 Å². The van der Waals surface area contributed by atoms with E-state index in [0.29, 0.717) is 36.2 Å². The van der Waals surface area contributed by atoms with E-state index in [0.717, 1.165) is 0 Å². The van der Waals surface area contributed by atoms with Crippen molar-refractivity contribution in [2.24, 2.45) is 0 Å². The van der Waals surface area contributed by atoms with Gasteiger partial charge in [-0.3, -0.25) is 9.59 Å². The fourth-order valence-corrected chi connectivity index (χ4v) is 5.20. The molecular weight excluding hydrogens is 464 g/mol. The first-order valence-corrected chi connectivity index (χ1v) is 14.7. The fourth-order valence-electron chi connectivity index (χ4n) is 3.62. The molecule has 9 heteroatoms. The summed E-state index contributed by atoms with van der Waals surface area (Å²) in [5.74, 6) is -1.04. The third kappa shape index (κ3) is 7.77. The van der Waals surface area contributed by atoms with E-state index in [-0.39, 0.29) is 17.6 Å². The number of allylic oxidation sites excluding steroid dienone is 2. The molecule has 2 heterocycles. The number of hydrogen-bond donors (Lipinski definition) is 0. The lowest BCUT2D eigenvalue weighted by Gasteiger charge is -2.39. The minimum absolute atomic E-state index is 0.0169. The average molecular weight is 501 g/mol. The molecule has 2 aliphatic heterocycles. The highest BCUT2D eigenvalue weighted by Gasteiger charge is 2.43. The van der Waals surface area contributed by atoms with Gasteiger partial charge in [0.05, 0.1) is 18.6 Å². The van der Waals surface area contributed by atoms with Crippen LogP contribution in [-0.4, -0.2) is 57.1 Å². The second-order valence-electron chi connectivity index (χ2n) is 10.3. The third-order valence-corrected chi connectivity index (χ3v) is 11.5. The Hall–Kier alpha value is -1.48. The van der Waals surface area contributed by atoms with Crippen LogP contribution in [0.3, 0.4) is 0 Å². The Morgan fingerprint density at radius 3 is 2.45 bits per heavy atom. The lowest BCUT2D eigenvalue weighted by molar-refractivity contribution is -0.157. The molecule has 0 amide bonds. The predicted octanol–water partition coefficient (Wildman–Crippen LogP) is 4.83. The zero-order chi connectivity index (χ0) is 25.0. The molecule has 2 rings (SSSR count). The summed E-state index contributed by atoms with van der Waals surface area (Å²) < 4.78 is 23.4. The van der Waals surface area contributed by atoms with Crippen LogP contribution in [0.25, 0.3) is 0 Å². The molecule has 2 aliphatic rings. The number of carbonyl (C=O) groups excluding carboxylic acids is 3. The van der Waals surface area contributed by atoms with Crippen LogP contribution in [0.2, 0.25) is 18.1 Å². The summed E-state index contributed by atoms with van der Waals surface area (Å²) in [7, 11) is -2.16. The van der Waals surface area contributed by atoms with Crippen LogP contribution in [0.15, 0.2) is 22.8 Å². The Morgan fingerprint density at radius 1 is 1.21 bits per heavy atom. The van der Waals surface area contributed by atoms with Crippen molar-refractivity contribution in [2.75, 3.05) is 0 Å². The van der Waals surface area contributed by atoms with Crippen LogP contribution in [0, 0.1) is 0 Å². The second kappa shape index (κ2) is 11.3. The number of esters is 2. The maximum Gasteiger partial charge on any atom is 0.310 e. The molecule has 0 aliphatic carbocycles. The van der Waals surface area contributed by atoms with Crippen LogP contribution in [0.4, 0.5) is 0 Å². The van der Waals surface area contributed by atoms with Gasteiger partial charge >= 0.3 is 11.9 Å². The molecule has 0 radical (unpaired) electrons. The fraction of sp³-hybridized carbons (Fsp3) is 0.708. The molecule has 0 saturated carbocycles. The van der Waals surface area contributed by atoms with Gasteiger partial charge in [0.25, 0.3) is 0 Å². The molecule has 186 valence electrons. The molecule has 0 aromatic carbocycles. The number of hydrogen-bond acceptors (Lipinski definition) is 7. The minimum Gasteiger partial charge on any atom is -0.459 e. The topological polar surface area (TPSA) is 88.1 Å². The highest BCUT2D eigenvalue weighted by Crippen LogP contribution is 2.40. The Morgan fingerprint density at radius 2 is 1.88 bits per heavy atom. The van der Waals surface area contributed by atoms with Crippen molar-refractivity contribution in [2.45, 2.75) is 109 Å². The van der Waals surface area contributed by atoms with Crippen molar-refractivity contribution in [3.63, 3.8) is 0 Å². The minimum atomic E-state index is -2.16. The van der Waals surface area contributed by atoms with Gasteiger partial charge < -0.3 is 23.4 Å². The Labute approximate surface area is 202 Å². The van der Waals surface area contributed by atoms with Gasteiger partial charge in [-0.25, -0.2) is 0 Å². The molecule has 5 atom stereocenters. The largest absolute Gasteiger partial charge is 0.459 e. The molecule has 0 N–H and O–H groups in total. The van der Waals surface area contributed by atoms with E-state index >= 15 is 0 Å². The molecule has 1 fully saturated rings. The van der Waals surface area contributed by atoms with Crippen LogP contribution >= 0.6 is 11.6 Å². The van der Waals surface area contributed by atoms with Gasteiger partial charge in [0, 0.05) is 24.8 Å². The maximum absolute atomic E-state index is 12.6. The maximum atomic E-state index is 12.6. The van der Waals surface area contributed by atoms with E-state index in [2.05, 4.69) is 33.9 Å². The normalized spacial score (nSPS) is 33.1. The van der Waals surface area contributed by atoms with Crippen LogP contribution in [0.1, 0.15) is 60.3 Å². The number of carbonyl (C=O) groups is 3. The first kappa shape index (κ1) is 27.8. The van der Waals surface area contributed by atoms with Crippen LogP contribution < -0.4 is 0 Å². The average Bonchev–Trinajstić information content (AvgIpc) is 3.05.